The maximum Gasteiger partial charge on any atom is 0.191 e. The fourth-order valence-electron chi connectivity index (χ4n) is 2.46. The predicted octanol–water partition coefficient (Wildman–Crippen LogP) is 3.34. The van der Waals surface area contributed by atoms with Crippen molar-refractivity contribution in [3.8, 4) is 6.07 Å². The van der Waals surface area contributed by atoms with E-state index >= 15 is 0 Å². The molecule has 0 heterocycles. The molecule has 0 unspecified atom stereocenters. The lowest BCUT2D eigenvalue weighted by molar-refractivity contribution is 0.508. The van der Waals surface area contributed by atoms with Gasteiger partial charge in [-0.1, -0.05) is 50.2 Å². The Hall–Kier alpha value is -2.87. The summed E-state index contributed by atoms with van der Waals surface area (Å²) in [6.07, 6.45) is 0. The Morgan fingerprint density at radius 2 is 1.88 bits per heavy atom. The van der Waals surface area contributed by atoms with Crippen molar-refractivity contribution < 1.29 is 4.39 Å². The quantitative estimate of drug-likeness (QED) is 0.649. The molecule has 0 aromatic heterocycles. The summed E-state index contributed by atoms with van der Waals surface area (Å²) in [5, 5.41) is 15.2. The number of nitrogens with zero attached hydrogens (tertiary/aromatic N) is 2. The van der Waals surface area contributed by atoms with Crippen LogP contribution in [0.2, 0.25) is 0 Å². The van der Waals surface area contributed by atoms with Crippen LogP contribution in [0.15, 0.2) is 53.5 Å². The second-order valence-corrected chi connectivity index (χ2v) is 6.45. The van der Waals surface area contributed by atoms with E-state index in [1.165, 1.54) is 11.6 Å². The number of nitriles is 1. The molecule has 2 aromatic carbocycles. The Bertz CT molecular complexity index is 776. The van der Waals surface area contributed by atoms with Crippen LogP contribution < -0.4 is 10.6 Å². The Kier molecular flexibility index (Phi) is 6.13. The first-order valence-corrected chi connectivity index (χ1v) is 8.15. The minimum Gasteiger partial charge on any atom is -0.356 e. The summed E-state index contributed by atoms with van der Waals surface area (Å²) < 4.78 is 13.9. The lowest BCUT2D eigenvalue weighted by Gasteiger charge is -2.26. The summed E-state index contributed by atoms with van der Waals surface area (Å²) in [5.41, 5.74) is 1.96. The van der Waals surface area contributed by atoms with Gasteiger partial charge in [-0.25, -0.2) is 4.39 Å². The lowest BCUT2D eigenvalue weighted by atomic mass is 9.85. The molecule has 0 spiro atoms. The SMILES string of the molecule is CN=C(NCc1ccc(C#N)cc1F)NCC(C)(C)c1ccccc1. The number of nitrogens with one attached hydrogen (secondary N) is 2. The van der Waals surface area contributed by atoms with E-state index in [1.807, 2.05) is 24.3 Å². The molecule has 0 aliphatic heterocycles. The highest BCUT2D eigenvalue weighted by Crippen LogP contribution is 2.21. The largest absolute Gasteiger partial charge is 0.356 e. The van der Waals surface area contributed by atoms with E-state index in [0.29, 0.717) is 30.2 Å². The Morgan fingerprint density at radius 1 is 1.16 bits per heavy atom. The van der Waals surface area contributed by atoms with E-state index in [4.69, 9.17) is 5.26 Å². The normalized spacial score (nSPS) is 11.7. The topological polar surface area (TPSA) is 60.2 Å². The molecule has 130 valence electrons. The van der Waals surface area contributed by atoms with E-state index in [0.717, 1.165) is 0 Å². The zero-order chi connectivity index (χ0) is 18.3. The molecule has 4 nitrogen and oxygen atoms in total. The van der Waals surface area contributed by atoms with E-state index in [2.05, 4.69) is 41.6 Å². The van der Waals surface area contributed by atoms with Gasteiger partial charge in [0.2, 0.25) is 0 Å². The highest BCUT2D eigenvalue weighted by Gasteiger charge is 2.20. The molecule has 0 aliphatic rings. The number of hydrogen-bond donors (Lipinski definition) is 2. The molecule has 0 fully saturated rings. The van der Waals surface area contributed by atoms with Crippen molar-refractivity contribution >= 4 is 5.96 Å². The second kappa shape index (κ2) is 8.29. The summed E-state index contributed by atoms with van der Waals surface area (Å²) in [4.78, 5) is 4.18. The van der Waals surface area contributed by atoms with Crippen molar-refractivity contribution in [2.45, 2.75) is 25.8 Å². The van der Waals surface area contributed by atoms with Gasteiger partial charge in [-0.15, -0.1) is 0 Å². The number of aliphatic imine (C=N–C) groups is 1. The smallest absolute Gasteiger partial charge is 0.191 e. The van der Waals surface area contributed by atoms with Gasteiger partial charge in [-0.05, 0) is 17.7 Å². The Balaban J connectivity index is 1.94. The maximum absolute atomic E-state index is 13.9. The van der Waals surface area contributed by atoms with Gasteiger partial charge in [0.15, 0.2) is 5.96 Å². The highest BCUT2D eigenvalue weighted by molar-refractivity contribution is 5.79. The lowest BCUT2D eigenvalue weighted by Crippen LogP contribution is -2.43. The molecule has 0 saturated carbocycles. The summed E-state index contributed by atoms with van der Waals surface area (Å²) in [7, 11) is 1.68. The third-order valence-corrected chi connectivity index (χ3v) is 4.11. The van der Waals surface area contributed by atoms with Gasteiger partial charge < -0.3 is 10.6 Å². The maximum atomic E-state index is 13.9. The fourth-order valence-corrected chi connectivity index (χ4v) is 2.46. The van der Waals surface area contributed by atoms with Crippen molar-refractivity contribution in [2.24, 2.45) is 4.99 Å². The van der Waals surface area contributed by atoms with Gasteiger partial charge in [0.25, 0.3) is 0 Å². The van der Waals surface area contributed by atoms with E-state index < -0.39 is 5.82 Å². The van der Waals surface area contributed by atoms with Crippen LogP contribution >= 0.6 is 0 Å². The molecule has 2 rings (SSSR count). The monoisotopic (exact) mass is 338 g/mol. The molecule has 0 aliphatic carbocycles. The second-order valence-electron chi connectivity index (χ2n) is 6.45. The molecule has 0 atom stereocenters. The first-order chi connectivity index (χ1) is 12.0. The van der Waals surface area contributed by atoms with Gasteiger partial charge >= 0.3 is 0 Å². The van der Waals surface area contributed by atoms with E-state index in [-0.39, 0.29) is 5.41 Å². The van der Waals surface area contributed by atoms with Crippen molar-refractivity contribution in [3.05, 3.63) is 71.0 Å². The molecule has 0 amide bonds. The molecular formula is C20H23FN4. The van der Waals surface area contributed by atoms with Crippen LogP contribution in [0.5, 0.6) is 0 Å². The first-order valence-electron chi connectivity index (χ1n) is 8.15. The van der Waals surface area contributed by atoms with Crippen LogP contribution in [0, 0.1) is 17.1 Å². The van der Waals surface area contributed by atoms with E-state index in [9.17, 15) is 4.39 Å². The number of guanidine groups is 1. The number of rotatable bonds is 5. The van der Waals surface area contributed by atoms with Crippen LogP contribution in [-0.4, -0.2) is 19.6 Å². The van der Waals surface area contributed by atoms with Crippen LogP contribution in [0.4, 0.5) is 4.39 Å². The van der Waals surface area contributed by atoms with Gasteiger partial charge in [-0.2, -0.15) is 5.26 Å². The van der Waals surface area contributed by atoms with Crippen LogP contribution in [0.1, 0.15) is 30.5 Å². The molecule has 2 N–H and O–H groups in total. The highest BCUT2D eigenvalue weighted by atomic mass is 19.1. The summed E-state index contributed by atoms with van der Waals surface area (Å²) >= 11 is 0. The number of benzene rings is 2. The van der Waals surface area contributed by atoms with Gasteiger partial charge in [0.1, 0.15) is 5.82 Å². The Morgan fingerprint density at radius 3 is 2.48 bits per heavy atom. The van der Waals surface area contributed by atoms with Gasteiger partial charge in [0, 0.05) is 31.1 Å². The molecule has 0 saturated heterocycles. The summed E-state index contributed by atoms with van der Waals surface area (Å²) in [6.45, 7) is 5.29. The number of halogens is 1. The number of hydrogen-bond acceptors (Lipinski definition) is 2. The standard InChI is InChI=1S/C20H23FN4/c1-20(2,17-7-5-4-6-8-17)14-25-19(23-3)24-13-16-10-9-15(12-22)11-18(16)21/h4-11H,13-14H2,1-3H3,(H2,23,24,25). The Labute approximate surface area is 148 Å². The molecule has 2 aromatic rings. The zero-order valence-electron chi connectivity index (χ0n) is 14.8. The van der Waals surface area contributed by atoms with Crippen molar-refractivity contribution in [2.75, 3.05) is 13.6 Å². The summed E-state index contributed by atoms with van der Waals surface area (Å²) in [6, 6.07) is 16.6. The average Bonchev–Trinajstić information content (AvgIpc) is 2.63. The molecule has 5 heteroatoms. The third-order valence-electron chi connectivity index (χ3n) is 4.11. The van der Waals surface area contributed by atoms with Gasteiger partial charge in [0.05, 0.1) is 11.6 Å². The van der Waals surface area contributed by atoms with Gasteiger partial charge in [-0.3, -0.25) is 4.99 Å². The van der Waals surface area contributed by atoms with Crippen molar-refractivity contribution in [1.82, 2.24) is 10.6 Å². The summed E-state index contributed by atoms with van der Waals surface area (Å²) in [5.74, 6) is 0.208. The minimum atomic E-state index is -0.397. The van der Waals surface area contributed by atoms with Crippen LogP contribution in [-0.2, 0) is 12.0 Å². The average molecular weight is 338 g/mol. The fraction of sp³-hybridized carbons (Fsp3) is 0.300. The molecule has 0 bridgehead atoms. The van der Waals surface area contributed by atoms with Crippen molar-refractivity contribution in [3.63, 3.8) is 0 Å². The molecule has 0 radical (unpaired) electrons. The molecule has 25 heavy (non-hydrogen) atoms. The van der Waals surface area contributed by atoms with Crippen LogP contribution in [0.25, 0.3) is 0 Å². The minimum absolute atomic E-state index is 0.0709. The van der Waals surface area contributed by atoms with Crippen LogP contribution in [0.3, 0.4) is 0 Å². The van der Waals surface area contributed by atoms with E-state index in [1.54, 1.807) is 19.2 Å². The first kappa shape index (κ1) is 18.5. The van der Waals surface area contributed by atoms with Crippen molar-refractivity contribution in [1.29, 1.82) is 5.26 Å². The molecular weight excluding hydrogens is 315 g/mol. The predicted molar refractivity (Wildman–Crippen MR) is 98.8 cm³/mol. The third kappa shape index (κ3) is 5.05. The zero-order valence-corrected chi connectivity index (χ0v) is 14.8.